The summed E-state index contributed by atoms with van der Waals surface area (Å²) in [6.07, 6.45) is -4.98. The van der Waals surface area contributed by atoms with Gasteiger partial charge in [-0.05, 0) is 18.6 Å². The zero-order valence-electron chi connectivity index (χ0n) is 8.81. The van der Waals surface area contributed by atoms with E-state index in [4.69, 9.17) is 5.26 Å². The molecule has 7 heteroatoms. The van der Waals surface area contributed by atoms with Gasteiger partial charge in [-0.15, -0.1) is 13.2 Å². The summed E-state index contributed by atoms with van der Waals surface area (Å²) < 4.78 is 40.3. The van der Waals surface area contributed by atoms with Crippen LogP contribution in [0.25, 0.3) is 0 Å². The molecule has 1 aromatic heterocycles. The number of aromatic nitrogens is 1. The summed E-state index contributed by atoms with van der Waals surface area (Å²) in [5.74, 6) is -0.548. The second-order valence-corrected chi connectivity index (χ2v) is 3.79. The first-order chi connectivity index (χ1) is 7.87. The predicted octanol–water partition coefficient (Wildman–Crippen LogP) is 3.25. The molecule has 17 heavy (non-hydrogen) atoms. The Morgan fingerprint density at radius 3 is 2.65 bits per heavy atom. The molecule has 1 aromatic rings. The van der Waals surface area contributed by atoms with Crippen molar-refractivity contribution in [2.45, 2.75) is 25.0 Å². The second-order valence-electron chi connectivity index (χ2n) is 3.23. The van der Waals surface area contributed by atoms with Gasteiger partial charge in [0.15, 0.2) is 0 Å². The van der Waals surface area contributed by atoms with Gasteiger partial charge in [0, 0.05) is 10.9 Å². The fourth-order valence-electron chi connectivity index (χ4n) is 1.29. The normalized spacial score (nSPS) is 11.1. The number of alkyl halides is 4. The van der Waals surface area contributed by atoms with Crippen molar-refractivity contribution in [2.24, 2.45) is 0 Å². The van der Waals surface area contributed by atoms with Crippen LogP contribution in [0.15, 0.2) is 6.07 Å². The van der Waals surface area contributed by atoms with Crippen LogP contribution in [-0.4, -0.2) is 11.3 Å². The Hall–Kier alpha value is -1.29. The molecule has 0 aliphatic carbocycles. The third-order valence-electron chi connectivity index (χ3n) is 1.97. The van der Waals surface area contributed by atoms with Crippen molar-refractivity contribution in [3.63, 3.8) is 0 Å². The molecule has 0 aliphatic heterocycles. The van der Waals surface area contributed by atoms with Gasteiger partial charge in [0.1, 0.15) is 0 Å². The molecular weight excluding hydrogens is 301 g/mol. The Morgan fingerprint density at radius 2 is 2.18 bits per heavy atom. The van der Waals surface area contributed by atoms with E-state index in [1.54, 1.807) is 19.1 Å². The molecule has 0 amide bonds. The van der Waals surface area contributed by atoms with Crippen LogP contribution in [0.1, 0.15) is 16.8 Å². The number of rotatable bonds is 3. The lowest BCUT2D eigenvalue weighted by molar-refractivity contribution is -0.276. The number of nitrogens with zero attached hydrogens (tertiary/aromatic N) is 2. The Balaban J connectivity index is 3.23. The molecule has 0 saturated carbocycles. The van der Waals surface area contributed by atoms with E-state index in [1.165, 1.54) is 0 Å². The van der Waals surface area contributed by atoms with Gasteiger partial charge in [-0.3, -0.25) is 0 Å². The summed E-state index contributed by atoms with van der Waals surface area (Å²) in [5, 5.41) is 8.88. The monoisotopic (exact) mass is 308 g/mol. The topological polar surface area (TPSA) is 45.9 Å². The first-order valence-corrected chi connectivity index (χ1v) is 5.67. The number of ether oxygens (including phenoxy) is 1. The van der Waals surface area contributed by atoms with Gasteiger partial charge in [-0.2, -0.15) is 5.26 Å². The molecular formula is C10H8BrF3N2O. The van der Waals surface area contributed by atoms with Crippen LogP contribution in [0, 0.1) is 18.3 Å². The van der Waals surface area contributed by atoms with Crippen LogP contribution in [0.2, 0.25) is 0 Å². The summed E-state index contributed by atoms with van der Waals surface area (Å²) in [6.45, 7) is 1.61. The van der Waals surface area contributed by atoms with Crippen molar-refractivity contribution in [1.82, 2.24) is 4.98 Å². The van der Waals surface area contributed by atoms with Gasteiger partial charge < -0.3 is 4.74 Å². The highest BCUT2D eigenvalue weighted by Gasteiger charge is 2.33. The molecule has 1 rings (SSSR count). The maximum atomic E-state index is 12.2. The van der Waals surface area contributed by atoms with E-state index in [0.717, 1.165) is 0 Å². The lowest BCUT2D eigenvalue weighted by Gasteiger charge is -2.13. The molecule has 0 atom stereocenters. The summed E-state index contributed by atoms with van der Waals surface area (Å²) in [7, 11) is 0. The summed E-state index contributed by atoms with van der Waals surface area (Å²) in [5.41, 5.74) is 1.13. The molecule has 0 saturated heterocycles. The van der Waals surface area contributed by atoms with E-state index in [2.05, 4.69) is 25.7 Å². The third-order valence-corrected chi connectivity index (χ3v) is 2.54. The summed E-state index contributed by atoms with van der Waals surface area (Å²) >= 11 is 3.10. The molecule has 92 valence electrons. The van der Waals surface area contributed by atoms with Crippen LogP contribution in [0.5, 0.6) is 5.88 Å². The summed E-state index contributed by atoms with van der Waals surface area (Å²) in [6, 6.07) is 3.41. The zero-order valence-corrected chi connectivity index (χ0v) is 10.4. The number of halogens is 4. The van der Waals surface area contributed by atoms with Crippen LogP contribution < -0.4 is 4.74 Å². The van der Waals surface area contributed by atoms with Gasteiger partial charge in [0.2, 0.25) is 5.88 Å². The quantitative estimate of drug-likeness (QED) is 0.805. The van der Waals surface area contributed by atoms with E-state index >= 15 is 0 Å². The minimum Gasteiger partial charge on any atom is -0.388 e. The van der Waals surface area contributed by atoms with Crippen LogP contribution in [-0.2, 0) is 11.8 Å². The number of hydrogen-bond donors (Lipinski definition) is 0. The molecule has 0 bridgehead atoms. The Bertz CT molecular complexity index is 454. The van der Waals surface area contributed by atoms with Crippen molar-refractivity contribution in [2.75, 3.05) is 0 Å². The van der Waals surface area contributed by atoms with Crippen molar-refractivity contribution >= 4 is 15.9 Å². The van der Waals surface area contributed by atoms with Crippen molar-refractivity contribution in [3.05, 3.63) is 22.9 Å². The fraction of sp³-hybridized carbons (Fsp3) is 0.400. The number of pyridine rings is 1. The standard InChI is InChI=1S/C10H8BrF3N2O/c1-6-4-7(5-11)16-9(8(6)2-3-15)17-10(12,13)14/h4H,2,5H2,1H3. The van der Waals surface area contributed by atoms with Gasteiger partial charge in [0.05, 0.1) is 18.2 Å². The molecule has 0 radical (unpaired) electrons. The zero-order chi connectivity index (χ0) is 13.1. The van der Waals surface area contributed by atoms with Gasteiger partial charge in [-0.25, -0.2) is 4.98 Å². The number of hydrogen-bond acceptors (Lipinski definition) is 3. The molecule has 0 fully saturated rings. The first-order valence-electron chi connectivity index (χ1n) is 4.55. The Labute approximate surface area is 104 Å². The van der Waals surface area contributed by atoms with Crippen LogP contribution in [0.4, 0.5) is 13.2 Å². The minimum absolute atomic E-state index is 0.162. The first kappa shape index (κ1) is 13.8. The molecule has 0 N–H and O–H groups in total. The lowest BCUT2D eigenvalue weighted by atomic mass is 10.1. The van der Waals surface area contributed by atoms with Gasteiger partial charge in [0.25, 0.3) is 0 Å². The highest BCUT2D eigenvalue weighted by atomic mass is 79.9. The molecule has 0 aromatic carbocycles. The second kappa shape index (κ2) is 5.36. The lowest BCUT2D eigenvalue weighted by Crippen LogP contribution is -2.19. The Kier molecular flexibility index (Phi) is 4.34. The van der Waals surface area contributed by atoms with Crippen molar-refractivity contribution in [3.8, 4) is 11.9 Å². The van der Waals surface area contributed by atoms with E-state index in [1.807, 2.05) is 0 Å². The fourth-order valence-corrected chi connectivity index (χ4v) is 1.58. The van der Waals surface area contributed by atoms with Crippen molar-refractivity contribution in [1.29, 1.82) is 5.26 Å². The minimum atomic E-state index is -4.81. The van der Waals surface area contributed by atoms with Gasteiger partial charge >= 0.3 is 6.36 Å². The molecule has 0 unspecified atom stereocenters. The number of aryl methyl sites for hydroxylation is 1. The maximum absolute atomic E-state index is 12.2. The highest BCUT2D eigenvalue weighted by Crippen LogP contribution is 2.28. The van der Waals surface area contributed by atoms with Crippen LogP contribution in [0.3, 0.4) is 0 Å². The van der Waals surface area contributed by atoms with E-state index < -0.39 is 12.2 Å². The Morgan fingerprint density at radius 1 is 1.53 bits per heavy atom. The maximum Gasteiger partial charge on any atom is 0.574 e. The predicted molar refractivity (Wildman–Crippen MR) is 57.6 cm³/mol. The van der Waals surface area contributed by atoms with Gasteiger partial charge in [-0.1, -0.05) is 15.9 Å². The molecule has 3 nitrogen and oxygen atoms in total. The third kappa shape index (κ3) is 3.89. The van der Waals surface area contributed by atoms with E-state index in [0.29, 0.717) is 16.6 Å². The van der Waals surface area contributed by atoms with E-state index in [9.17, 15) is 13.2 Å². The average molecular weight is 309 g/mol. The average Bonchev–Trinajstić information content (AvgIpc) is 2.20. The summed E-state index contributed by atoms with van der Waals surface area (Å²) in [4.78, 5) is 3.72. The number of nitriles is 1. The van der Waals surface area contributed by atoms with E-state index in [-0.39, 0.29) is 12.0 Å². The van der Waals surface area contributed by atoms with Crippen LogP contribution >= 0.6 is 15.9 Å². The SMILES string of the molecule is Cc1cc(CBr)nc(OC(F)(F)F)c1CC#N. The highest BCUT2D eigenvalue weighted by molar-refractivity contribution is 9.08. The van der Waals surface area contributed by atoms with Crippen molar-refractivity contribution < 1.29 is 17.9 Å². The molecule has 1 heterocycles. The molecule has 0 aliphatic rings. The largest absolute Gasteiger partial charge is 0.574 e. The molecule has 0 spiro atoms. The smallest absolute Gasteiger partial charge is 0.388 e.